The highest BCUT2D eigenvalue weighted by atomic mass is 16.5. The zero-order chi connectivity index (χ0) is 21.6. The van der Waals surface area contributed by atoms with Gasteiger partial charge in [-0.05, 0) is 47.7 Å². The Morgan fingerprint density at radius 2 is 1.81 bits per heavy atom. The number of likely N-dealkylation sites (tertiary alicyclic amines) is 1. The maximum absolute atomic E-state index is 13.2. The number of rotatable bonds is 6. The number of hydrogen-bond donors (Lipinski definition) is 1. The number of ether oxygens (including phenoxy) is 1. The van der Waals surface area contributed by atoms with Crippen molar-refractivity contribution in [2.45, 2.75) is 19.3 Å². The lowest BCUT2D eigenvalue weighted by atomic mass is 9.95. The van der Waals surface area contributed by atoms with E-state index in [1.165, 1.54) is 0 Å². The minimum atomic E-state index is -0.176. The summed E-state index contributed by atoms with van der Waals surface area (Å²) in [7, 11) is 1.65. The molecule has 1 aliphatic heterocycles. The minimum absolute atomic E-state index is 0.00308. The van der Waals surface area contributed by atoms with Crippen LogP contribution < -0.4 is 10.1 Å². The number of hydrogen-bond acceptors (Lipinski definition) is 3. The zero-order valence-corrected chi connectivity index (χ0v) is 17.8. The van der Waals surface area contributed by atoms with Crippen molar-refractivity contribution in [3.63, 3.8) is 0 Å². The van der Waals surface area contributed by atoms with E-state index < -0.39 is 0 Å². The lowest BCUT2D eigenvalue weighted by molar-refractivity contribution is -0.126. The summed E-state index contributed by atoms with van der Waals surface area (Å²) in [5.74, 6) is 0.681. The number of para-hydroxylation sites is 1. The standard InChI is InChI=1S/C26H28N2O3/c1-31-24-14-5-3-9-20(24)15-16-27-25(29)21-11-7-17-28(18-21)26(30)23-13-6-10-19-8-2-4-12-22(19)23/h2-6,8-10,12-14,21H,7,11,15-18H2,1H3,(H,27,29)/t21-/m1/s1. The average molecular weight is 417 g/mol. The van der Waals surface area contributed by atoms with Crippen LogP contribution in [0.4, 0.5) is 0 Å². The lowest BCUT2D eigenvalue weighted by Crippen LogP contribution is -2.45. The van der Waals surface area contributed by atoms with Gasteiger partial charge in [0.2, 0.25) is 5.91 Å². The number of methoxy groups -OCH3 is 1. The van der Waals surface area contributed by atoms with E-state index in [4.69, 9.17) is 4.74 Å². The van der Waals surface area contributed by atoms with Crippen LogP contribution in [0, 0.1) is 5.92 Å². The van der Waals surface area contributed by atoms with E-state index >= 15 is 0 Å². The van der Waals surface area contributed by atoms with Crippen molar-refractivity contribution in [2.75, 3.05) is 26.7 Å². The van der Waals surface area contributed by atoms with Gasteiger partial charge >= 0.3 is 0 Å². The molecule has 1 atom stereocenters. The molecule has 4 rings (SSSR count). The fourth-order valence-electron chi connectivity index (χ4n) is 4.33. The Hall–Kier alpha value is -3.34. The zero-order valence-electron chi connectivity index (χ0n) is 17.8. The Labute approximate surface area is 183 Å². The predicted molar refractivity (Wildman–Crippen MR) is 122 cm³/mol. The lowest BCUT2D eigenvalue weighted by Gasteiger charge is -2.32. The van der Waals surface area contributed by atoms with E-state index in [1.54, 1.807) is 7.11 Å². The molecule has 160 valence electrons. The number of carbonyl (C=O) groups is 2. The summed E-state index contributed by atoms with van der Waals surface area (Å²) in [6.45, 7) is 1.70. The number of nitrogens with one attached hydrogen (secondary N) is 1. The van der Waals surface area contributed by atoms with Crippen molar-refractivity contribution in [3.05, 3.63) is 77.9 Å². The van der Waals surface area contributed by atoms with Crippen molar-refractivity contribution in [3.8, 4) is 5.75 Å². The second kappa shape index (κ2) is 9.65. The molecular weight excluding hydrogens is 388 g/mol. The molecule has 5 nitrogen and oxygen atoms in total. The topological polar surface area (TPSA) is 58.6 Å². The number of carbonyl (C=O) groups excluding carboxylic acids is 2. The molecule has 0 saturated carbocycles. The van der Waals surface area contributed by atoms with Gasteiger partial charge in [0.05, 0.1) is 13.0 Å². The van der Waals surface area contributed by atoms with Gasteiger partial charge in [0, 0.05) is 25.2 Å². The Kier molecular flexibility index (Phi) is 6.51. The van der Waals surface area contributed by atoms with Gasteiger partial charge < -0.3 is 15.0 Å². The van der Waals surface area contributed by atoms with E-state index in [-0.39, 0.29) is 17.7 Å². The largest absolute Gasteiger partial charge is 0.496 e. The van der Waals surface area contributed by atoms with Crippen LogP contribution in [0.5, 0.6) is 5.75 Å². The molecule has 2 amide bonds. The Morgan fingerprint density at radius 1 is 1.03 bits per heavy atom. The summed E-state index contributed by atoms with van der Waals surface area (Å²) >= 11 is 0. The highest BCUT2D eigenvalue weighted by Gasteiger charge is 2.29. The van der Waals surface area contributed by atoms with Crippen molar-refractivity contribution in [2.24, 2.45) is 5.92 Å². The van der Waals surface area contributed by atoms with Gasteiger partial charge in [-0.3, -0.25) is 9.59 Å². The molecule has 3 aromatic rings. The normalized spacial score (nSPS) is 16.2. The van der Waals surface area contributed by atoms with Crippen molar-refractivity contribution in [1.82, 2.24) is 10.2 Å². The molecule has 1 saturated heterocycles. The summed E-state index contributed by atoms with van der Waals surface area (Å²) in [6.07, 6.45) is 2.35. The van der Waals surface area contributed by atoms with Gasteiger partial charge in [-0.2, -0.15) is 0 Å². The van der Waals surface area contributed by atoms with E-state index in [9.17, 15) is 9.59 Å². The fraction of sp³-hybridized carbons (Fsp3) is 0.308. The first-order chi connectivity index (χ1) is 15.2. The van der Waals surface area contributed by atoms with E-state index in [0.29, 0.717) is 31.6 Å². The first-order valence-corrected chi connectivity index (χ1v) is 10.8. The average Bonchev–Trinajstić information content (AvgIpc) is 2.83. The van der Waals surface area contributed by atoms with Crippen LogP contribution in [0.15, 0.2) is 66.7 Å². The molecule has 1 fully saturated rings. The molecule has 1 aliphatic rings. The molecule has 0 aliphatic carbocycles. The number of fused-ring (bicyclic) bond motifs is 1. The molecule has 0 bridgehead atoms. The maximum atomic E-state index is 13.2. The number of piperidine rings is 1. The number of amides is 2. The molecule has 0 radical (unpaired) electrons. The second-order valence-electron chi connectivity index (χ2n) is 7.97. The fourth-order valence-corrected chi connectivity index (χ4v) is 4.33. The number of benzene rings is 3. The predicted octanol–water partition coefficient (Wildman–Crippen LogP) is 4.06. The smallest absolute Gasteiger partial charge is 0.254 e. The van der Waals surface area contributed by atoms with E-state index in [1.807, 2.05) is 71.6 Å². The minimum Gasteiger partial charge on any atom is -0.496 e. The quantitative estimate of drug-likeness (QED) is 0.659. The maximum Gasteiger partial charge on any atom is 0.254 e. The van der Waals surface area contributed by atoms with Gasteiger partial charge in [-0.15, -0.1) is 0 Å². The van der Waals surface area contributed by atoms with Crippen LogP contribution in [0.25, 0.3) is 10.8 Å². The van der Waals surface area contributed by atoms with Crippen molar-refractivity contribution >= 4 is 22.6 Å². The molecule has 0 spiro atoms. The van der Waals surface area contributed by atoms with Gasteiger partial charge in [-0.1, -0.05) is 54.6 Å². The van der Waals surface area contributed by atoms with Crippen molar-refractivity contribution in [1.29, 1.82) is 0 Å². The van der Waals surface area contributed by atoms with Crippen LogP contribution in [0.3, 0.4) is 0 Å². The number of nitrogens with zero attached hydrogens (tertiary/aromatic N) is 1. The monoisotopic (exact) mass is 416 g/mol. The molecule has 1 N–H and O–H groups in total. The van der Waals surface area contributed by atoms with Crippen molar-refractivity contribution < 1.29 is 14.3 Å². The third-order valence-electron chi connectivity index (χ3n) is 5.99. The molecule has 31 heavy (non-hydrogen) atoms. The van der Waals surface area contributed by atoms with Gasteiger partial charge in [-0.25, -0.2) is 0 Å². The third-order valence-corrected chi connectivity index (χ3v) is 5.99. The molecule has 0 aromatic heterocycles. The van der Waals surface area contributed by atoms with Crippen LogP contribution in [0.1, 0.15) is 28.8 Å². The van der Waals surface area contributed by atoms with Gasteiger partial charge in [0.1, 0.15) is 5.75 Å². The molecule has 5 heteroatoms. The second-order valence-corrected chi connectivity index (χ2v) is 7.97. The summed E-state index contributed by atoms with van der Waals surface area (Å²) in [5.41, 5.74) is 1.78. The highest BCUT2D eigenvalue weighted by molar-refractivity contribution is 6.07. The molecule has 0 unspecified atom stereocenters. The SMILES string of the molecule is COc1ccccc1CCNC(=O)[C@@H]1CCCN(C(=O)c2cccc3ccccc23)C1. The molecule has 3 aromatic carbocycles. The molecular formula is C26H28N2O3. The summed E-state index contributed by atoms with van der Waals surface area (Å²) in [4.78, 5) is 27.8. The first-order valence-electron chi connectivity index (χ1n) is 10.8. The Bertz CT molecular complexity index is 1070. The van der Waals surface area contributed by atoms with Gasteiger partial charge in [0.25, 0.3) is 5.91 Å². The van der Waals surface area contributed by atoms with Crippen LogP contribution in [-0.2, 0) is 11.2 Å². The highest BCUT2D eigenvalue weighted by Crippen LogP contribution is 2.24. The Balaban J connectivity index is 1.37. The first kappa shape index (κ1) is 20.9. The summed E-state index contributed by atoms with van der Waals surface area (Å²) in [6, 6.07) is 21.6. The molecule has 1 heterocycles. The van der Waals surface area contributed by atoms with Gasteiger partial charge in [0.15, 0.2) is 0 Å². The van der Waals surface area contributed by atoms with E-state index in [0.717, 1.165) is 34.9 Å². The Morgan fingerprint density at radius 3 is 2.68 bits per heavy atom. The summed E-state index contributed by atoms with van der Waals surface area (Å²) in [5, 5.41) is 5.06. The van der Waals surface area contributed by atoms with Crippen LogP contribution in [-0.4, -0.2) is 43.5 Å². The van der Waals surface area contributed by atoms with Crippen LogP contribution >= 0.6 is 0 Å². The summed E-state index contributed by atoms with van der Waals surface area (Å²) < 4.78 is 5.38. The third kappa shape index (κ3) is 4.71. The van der Waals surface area contributed by atoms with Crippen LogP contribution in [0.2, 0.25) is 0 Å². The van der Waals surface area contributed by atoms with E-state index in [2.05, 4.69) is 5.32 Å².